The van der Waals surface area contributed by atoms with Crippen LogP contribution in [-0.2, 0) is 12.3 Å². The number of nitrogens with zero attached hydrogens (tertiary/aromatic N) is 1. The molecule has 3 aromatic rings. The minimum absolute atomic E-state index is 0.0897. The molecule has 0 saturated heterocycles. The molecule has 2 nitrogen and oxygen atoms in total. The predicted molar refractivity (Wildman–Crippen MR) is 97.0 cm³/mol. The first-order valence-corrected chi connectivity index (χ1v) is 8.63. The molecular weight excluding hydrogens is 302 g/mol. The summed E-state index contributed by atoms with van der Waals surface area (Å²) < 4.78 is 1.78. The number of aromatic nitrogens is 1. The Morgan fingerprint density at radius 2 is 1.48 bits per heavy atom. The van der Waals surface area contributed by atoms with Gasteiger partial charge in [0.1, 0.15) is 0 Å². The van der Waals surface area contributed by atoms with E-state index in [0.29, 0.717) is 6.54 Å². The van der Waals surface area contributed by atoms with Crippen LogP contribution in [0.3, 0.4) is 0 Å². The van der Waals surface area contributed by atoms with Crippen LogP contribution in [0.2, 0.25) is 0 Å². The van der Waals surface area contributed by atoms with E-state index in [4.69, 9.17) is 0 Å². The zero-order valence-corrected chi connectivity index (χ0v) is 13.9. The van der Waals surface area contributed by atoms with Gasteiger partial charge in [-0.05, 0) is 24.1 Å². The van der Waals surface area contributed by atoms with E-state index in [1.807, 2.05) is 67.7 Å². The highest BCUT2D eigenvalue weighted by molar-refractivity contribution is 7.98. The number of rotatable bonds is 5. The summed E-state index contributed by atoms with van der Waals surface area (Å²) in [6.07, 6.45) is 1.90. The minimum atomic E-state index is 0.0897. The maximum atomic E-state index is 12.6. The molecule has 0 aliphatic rings. The van der Waals surface area contributed by atoms with Gasteiger partial charge in [0.25, 0.3) is 5.56 Å². The SMILES string of the molecule is Cc1c(SCc2ccccc2)ccn(Cc2ccccc2)c1=O. The van der Waals surface area contributed by atoms with Gasteiger partial charge in [0.05, 0.1) is 6.54 Å². The highest BCUT2D eigenvalue weighted by Gasteiger charge is 2.07. The van der Waals surface area contributed by atoms with Crippen LogP contribution < -0.4 is 5.56 Å². The van der Waals surface area contributed by atoms with E-state index in [2.05, 4.69) is 12.1 Å². The van der Waals surface area contributed by atoms with E-state index in [0.717, 1.165) is 21.8 Å². The van der Waals surface area contributed by atoms with Gasteiger partial charge in [-0.25, -0.2) is 0 Å². The van der Waals surface area contributed by atoms with E-state index >= 15 is 0 Å². The largest absolute Gasteiger partial charge is 0.311 e. The van der Waals surface area contributed by atoms with Crippen molar-refractivity contribution in [2.24, 2.45) is 0 Å². The fourth-order valence-electron chi connectivity index (χ4n) is 2.47. The molecule has 23 heavy (non-hydrogen) atoms. The first-order chi connectivity index (χ1) is 11.2. The topological polar surface area (TPSA) is 22.0 Å². The predicted octanol–water partition coefficient (Wildman–Crippen LogP) is 4.50. The molecule has 116 valence electrons. The average Bonchev–Trinajstić information content (AvgIpc) is 2.60. The summed E-state index contributed by atoms with van der Waals surface area (Å²) in [6.45, 7) is 2.53. The van der Waals surface area contributed by atoms with Crippen molar-refractivity contribution in [1.29, 1.82) is 0 Å². The van der Waals surface area contributed by atoms with Gasteiger partial charge in [-0.2, -0.15) is 0 Å². The van der Waals surface area contributed by atoms with Gasteiger partial charge in [0.15, 0.2) is 0 Å². The lowest BCUT2D eigenvalue weighted by molar-refractivity contribution is 0.744. The van der Waals surface area contributed by atoms with Gasteiger partial charge >= 0.3 is 0 Å². The van der Waals surface area contributed by atoms with Crippen molar-refractivity contribution in [3.63, 3.8) is 0 Å². The lowest BCUT2D eigenvalue weighted by atomic mass is 10.2. The Morgan fingerprint density at radius 1 is 0.870 bits per heavy atom. The summed E-state index contributed by atoms with van der Waals surface area (Å²) in [4.78, 5) is 13.6. The number of thioether (sulfide) groups is 1. The lowest BCUT2D eigenvalue weighted by Crippen LogP contribution is -2.22. The Hall–Kier alpha value is -2.26. The highest BCUT2D eigenvalue weighted by atomic mass is 32.2. The van der Waals surface area contributed by atoms with Crippen LogP contribution in [0.15, 0.2) is 82.6 Å². The average molecular weight is 321 g/mol. The molecule has 0 aliphatic heterocycles. The molecule has 0 radical (unpaired) electrons. The number of pyridine rings is 1. The van der Waals surface area contributed by atoms with Gasteiger partial charge in [0.2, 0.25) is 0 Å². The smallest absolute Gasteiger partial charge is 0.254 e. The van der Waals surface area contributed by atoms with E-state index < -0.39 is 0 Å². The standard InChI is InChI=1S/C20H19NOS/c1-16-19(23-15-18-10-6-3-7-11-18)12-13-21(20(16)22)14-17-8-4-2-5-9-17/h2-13H,14-15H2,1H3. The highest BCUT2D eigenvalue weighted by Crippen LogP contribution is 2.24. The summed E-state index contributed by atoms with van der Waals surface area (Å²) >= 11 is 1.72. The van der Waals surface area contributed by atoms with E-state index in [1.165, 1.54) is 5.56 Å². The van der Waals surface area contributed by atoms with Crippen LogP contribution in [-0.4, -0.2) is 4.57 Å². The zero-order valence-electron chi connectivity index (χ0n) is 13.1. The fourth-order valence-corrected chi connectivity index (χ4v) is 3.44. The van der Waals surface area contributed by atoms with E-state index in [1.54, 1.807) is 16.3 Å². The number of benzene rings is 2. The van der Waals surface area contributed by atoms with Gasteiger partial charge < -0.3 is 4.57 Å². The molecule has 3 rings (SSSR count). The molecule has 0 bridgehead atoms. The quantitative estimate of drug-likeness (QED) is 0.646. The molecular formula is C20H19NOS. The Balaban J connectivity index is 1.76. The van der Waals surface area contributed by atoms with Crippen LogP contribution in [0.25, 0.3) is 0 Å². The monoisotopic (exact) mass is 321 g/mol. The molecule has 1 heterocycles. The second-order valence-corrected chi connectivity index (χ2v) is 6.52. The van der Waals surface area contributed by atoms with Gasteiger partial charge in [-0.15, -0.1) is 11.8 Å². The third kappa shape index (κ3) is 3.93. The summed E-state index contributed by atoms with van der Waals surface area (Å²) in [5.74, 6) is 0.879. The van der Waals surface area contributed by atoms with Gasteiger partial charge in [-0.3, -0.25) is 4.79 Å². The van der Waals surface area contributed by atoms with Crippen molar-refractivity contribution in [3.8, 4) is 0 Å². The molecule has 0 fully saturated rings. The summed E-state index contributed by atoms with van der Waals surface area (Å²) in [5.41, 5.74) is 3.32. The van der Waals surface area contributed by atoms with Crippen molar-refractivity contribution in [2.45, 2.75) is 24.1 Å². The lowest BCUT2D eigenvalue weighted by Gasteiger charge is -2.10. The second-order valence-electron chi connectivity index (χ2n) is 5.50. The Morgan fingerprint density at radius 3 is 2.13 bits per heavy atom. The second kappa shape index (κ2) is 7.34. The van der Waals surface area contributed by atoms with E-state index in [-0.39, 0.29) is 5.56 Å². The Bertz CT molecular complexity index is 825. The third-order valence-corrected chi connectivity index (χ3v) is 5.02. The third-order valence-electron chi connectivity index (χ3n) is 3.79. The molecule has 1 aromatic heterocycles. The molecule has 2 aromatic carbocycles. The summed E-state index contributed by atoms with van der Waals surface area (Å²) in [6, 6.07) is 22.4. The Labute approximate surface area is 140 Å². The summed E-state index contributed by atoms with van der Waals surface area (Å²) in [7, 11) is 0. The van der Waals surface area contributed by atoms with Gasteiger partial charge in [0, 0.05) is 22.4 Å². The van der Waals surface area contributed by atoms with Crippen LogP contribution in [0.4, 0.5) is 0 Å². The minimum Gasteiger partial charge on any atom is -0.311 e. The van der Waals surface area contributed by atoms with Crippen molar-refractivity contribution in [2.75, 3.05) is 0 Å². The maximum absolute atomic E-state index is 12.6. The number of hydrogen-bond acceptors (Lipinski definition) is 2. The van der Waals surface area contributed by atoms with Crippen molar-refractivity contribution >= 4 is 11.8 Å². The van der Waals surface area contributed by atoms with E-state index in [9.17, 15) is 4.79 Å². The first-order valence-electron chi connectivity index (χ1n) is 7.65. The van der Waals surface area contributed by atoms with Crippen molar-refractivity contribution in [1.82, 2.24) is 4.57 Å². The molecule has 0 unspecified atom stereocenters. The molecule has 0 spiro atoms. The van der Waals surface area contributed by atoms with Crippen LogP contribution in [0, 0.1) is 6.92 Å². The maximum Gasteiger partial charge on any atom is 0.254 e. The van der Waals surface area contributed by atoms with Gasteiger partial charge in [-0.1, -0.05) is 60.7 Å². The molecule has 0 amide bonds. The number of hydrogen-bond donors (Lipinski definition) is 0. The first kappa shape index (κ1) is 15.6. The van der Waals surface area contributed by atoms with Crippen molar-refractivity contribution < 1.29 is 0 Å². The zero-order chi connectivity index (χ0) is 16.1. The summed E-state index contributed by atoms with van der Waals surface area (Å²) in [5, 5.41) is 0. The molecule has 0 aliphatic carbocycles. The van der Waals surface area contributed by atoms with Crippen LogP contribution >= 0.6 is 11.8 Å². The fraction of sp³-hybridized carbons (Fsp3) is 0.150. The van der Waals surface area contributed by atoms with Crippen molar-refractivity contribution in [3.05, 3.63) is 100.0 Å². The molecule has 0 N–H and O–H groups in total. The molecule has 3 heteroatoms. The molecule has 0 saturated carbocycles. The van der Waals surface area contributed by atoms with Crippen LogP contribution in [0.5, 0.6) is 0 Å². The molecule has 0 atom stereocenters. The normalized spacial score (nSPS) is 10.7. The van der Waals surface area contributed by atoms with Crippen LogP contribution in [0.1, 0.15) is 16.7 Å². The Kier molecular flexibility index (Phi) is 4.99.